The maximum atomic E-state index is 12.5. The van der Waals surface area contributed by atoms with Crippen molar-refractivity contribution < 1.29 is 14.3 Å². The molecule has 1 aromatic carbocycles. The standard InChI is InChI=1S/C22H20N4O3S3/c1-3-29-19(28)9-15-11-31-22(25-15)26-18(27)12-30-20-16-10-17(14-7-5-4-6-8-14)32-21(16)24-13(2)23-20/h4-8,10-11H,3,9,12H2,1-2H3,(H,25,26,27). The molecule has 7 nitrogen and oxygen atoms in total. The summed E-state index contributed by atoms with van der Waals surface area (Å²) in [6, 6.07) is 12.2. The first kappa shape index (κ1) is 22.4. The highest BCUT2D eigenvalue weighted by Gasteiger charge is 2.15. The summed E-state index contributed by atoms with van der Waals surface area (Å²) in [6.07, 6.45) is 0.0923. The van der Waals surface area contributed by atoms with Gasteiger partial charge in [0, 0.05) is 15.6 Å². The van der Waals surface area contributed by atoms with Crippen LogP contribution in [-0.4, -0.2) is 39.2 Å². The SMILES string of the molecule is CCOC(=O)Cc1csc(NC(=O)CSc2nc(C)nc3sc(-c4ccccc4)cc23)n1. The molecule has 0 saturated carbocycles. The summed E-state index contributed by atoms with van der Waals surface area (Å²) in [4.78, 5) is 39.5. The average Bonchev–Trinajstić information content (AvgIpc) is 3.39. The third-order valence-electron chi connectivity index (χ3n) is 4.30. The highest BCUT2D eigenvalue weighted by Crippen LogP contribution is 2.36. The number of hydrogen-bond acceptors (Lipinski definition) is 9. The normalized spacial score (nSPS) is 10.9. The quantitative estimate of drug-likeness (QED) is 0.215. The Balaban J connectivity index is 1.43. The van der Waals surface area contributed by atoms with E-state index in [2.05, 4.69) is 38.5 Å². The van der Waals surface area contributed by atoms with Crippen LogP contribution in [0.4, 0.5) is 5.13 Å². The van der Waals surface area contributed by atoms with Crippen molar-refractivity contribution in [2.45, 2.75) is 25.3 Å². The van der Waals surface area contributed by atoms with Gasteiger partial charge in [-0.2, -0.15) is 0 Å². The molecule has 0 aliphatic rings. The summed E-state index contributed by atoms with van der Waals surface area (Å²) in [6.45, 7) is 3.94. The van der Waals surface area contributed by atoms with E-state index < -0.39 is 0 Å². The lowest BCUT2D eigenvalue weighted by Gasteiger charge is -2.04. The van der Waals surface area contributed by atoms with Crippen LogP contribution in [0.25, 0.3) is 20.7 Å². The van der Waals surface area contributed by atoms with Crippen molar-refractivity contribution in [2.75, 3.05) is 17.7 Å². The van der Waals surface area contributed by atoms with Gasteiger partial charge in [-0.1, -0.05) is 42.1 Å². The molecule has 4 rings (SSSR count). The first-order chi connectivity index (χ1) is 15.5. The third kappa shape index (κ3) is 5.50. The fraction of sp³-hybridized carbons (Fsp3) is 0.227. The molecule has 0 aliphatic heterocycles. The van der Waals surface area contributed by atoms with Gasteiger partial charge in [-0.3, -0.25) is 9.59 Å². The second-order valence-electron chi connectivity index (χ2n) is 6.73. The van der Waals surface area contributed by atoms with E-state index in [0.717, 1.165) is 25.7 Å². The van der Waals surface area contributed by atoms with E-state index in [1.54, 1.807) is 23.6 Å². The Hall–Kier alpha value is -2.82. The van der Waals surface area contributed by atoms with Gasteiger partial charge in [0.05, 0.1) is 24.5 Å². The molecule has 0 unspecified atom stereocenters. The molecular formula is C22H20N4O3S3. The van der Waals surface area contributed by atoms with Gasteiger partial charge in [-0.05, 0) is 25.5 Å². The van der Waals surface area contributed by atoms with Crippen LogP contribution in [0.3, 0.4) is 0 Å². The molecule has 32 heavy (non-hydrogen) atoms. The van der Waals surface area contributed by atoms with Crippen LogP contribution in [0.1, 0.15) is 18.4 Å². The van der Waals surface area contributed by atoms with Crippen LogP contribution in [0.5, 0.6) is 0 Å². The van der Waals surface area contributed by atoms with Gasteiger partial charge in [0.15, 0.2) is 5.13 Å². The number of nitrogens with one attached hydrogen (secondary N) is 1. The lowest BCUT2D eigenvalue weighted by molar-refractivity contribution is -0.142. The average molecular weight is 485 g/mol. The molecule has 0 radical (unpaired) electrons. The number of benzene rings is 1. The number of esters is 1. The number of aryl methyl sites for hydroxylation is 1. The van der Waals surface area contributed by atoms with E-state index in [-0.39, 0.29) is 24.1 Å². The van der Waals surface area contributed by atoms with Gasteiger partial charge in [-0.15, -0.1) is 22.7 Å². The van der Waals surface area contributed by atoms with Crippen molar-refractivity contribution in [3.05, 3.63) is 53.3 Å². The van der Waals surface area contributed by atoms with Gasteiger partial charge in [-0.25, -0.2) is 15.0 Å². The van der Waals surface area contributed by atoms with Crippen molar-refractivity contribution >= 4 is 61.7 Å². The van der Waals surface area contributed by atoms with Crippen LogP contribution >= 0.6 is 34.4 Å². The van der Waals surface area contributed by atoms with E-state index in [1.165, 1.54) is 23.1 Å². The number of thiazole rings is 1. The first-order valence-corrected chi connectivity index (χ1v) is 12.6. The molecule has 3 heterocycles. The van der Waals surface area contributed by atoms with Gasteiger partial charge < -0.3 is 10.1 Å². The van der Waals surface area contributed by atoms with E-state index in [0.29, 0.717) is 23.3 Å². The third-order valence-corrected chi connectivity index (χ3v) is 7.17. The van der Waals surface area contributed by atoms with Crippen molar-refractivity contribution in [2.24, 2.45) is 0 Å². The minimum atomic E-state index is -0.333. The van der Waals surface area contributed by atoms with E-state index in [9.17, 15) is 9.59 Å². The fourth-order valence-corrected chi connectivity index (χ4v) is 5.67. The molecule has 164 valence electrons. The van der Waals surface area contributed by atoms with Crippen LogP contribution in [0.2, 0.25) is 0 Å². The largest absolute Gasteiger partial charge is 0.466 e. The number of thiophene rings is 1. The summed E-state index contributed by atoms with van der Waals surface area (Å²) in [7, 11) is 0. The van der Waals surface area contributed by atoms with Gasteiger partial charge in [0.1, 0.15) is 15.7 Å². The van der Waals surface area contributed by atoms with Gasteiger partial charge in [0.2, 0.25) is 5.91 Å². The molecule has 10 heteroatoms. The summed E-state index contributed by atoms with van der Waals surface area (Å²) in [5, 5.41) is 6.72. The molecule has 0 spiro atoms. The Bertz CT molecular complexity index is 1250. The number of aromatic nitrogens is 3. The number of thioether (sulfide) groups is 1. The molecule has 1 N–H and O–H groups in total. The number of carbonyl (C=O) groups excluding carboxylic acids is 2. The number of amides is 1. The molecule has 1 amide bonds. The summed E-state index contributed by atoms with van der Waals surface area (Å²) >= 11 is 4.27. The maximum Gasteiger partial charge on any atom is 0.311 e. The number of rotatable bonds is 8. The van der Waals surface area contributed by atoms with Crippen LogP contribution in [-0.2, 0) is 20.7 Å². The molecular weight excluding hydrogens is 464 g/mol. The lowest BCUT2D eigenvalue weighted by atomic mass is 10.2. The Kier molecular flexibility index (Phi) is 7.13. The zero-order valence-corrected chi connectivity index (χ0v) is 19.9. The van der Waals surface area contributed by atoms with Crippen molar-refractivity contribution in [3.63, 3.8) is 0 Å². The zero-order chi connectivity index (χ0) is 22.5. The molecule has 0 atom stereocenters. The van der Waals surface area contributed by atoms with Crippen LogP contribution in [0.15, 0.2) is 46.8 Å². The molecule has 0 saturated heterocycles. The van der Waals surface area contributed by atoms with E-state index in [4.69, 9.17) is 4.74 Å². The van der Waals surface area contributed by atoms with Crippen LogP contribution < -0.4 is 5.32 Å². The molecule has 4 aromatic rings. The Morgan fingerprint density at radius 2 is 1.97 bits per heavy atom. The van der Waals surface area contributed by atoms with Crippen molar-refractivity contribution in [1.82, 2.24) is 15.0 Å². The number of hydrogen-bond donors (Lipinski definition) is 1. The molecule has 0 aliphatic carbocycles. The number of anilines is 1. The molecule has 3 aromatic heterocycles. The highest BCUT2D eigenvalue weighted by atomic mass is 32.2. The second kappa shape index (κ2) is 10.2. The zero-order valence-electron chi connectivity index (χ0n) is 17.5. The Labute approximate surface area is 197 Å². The van der Waals surface area contributed by atoms with Gasteiger partial charge >= 0.3 is 5.97 Å². The van der Waals surface area contributed by atoms with E-state index in [1.807, 2.05) is 25.1 Å². The van der Waals surface area contributed by atoms with Crippen molar-refractivity contribution in [3.8, 4) is 10.4 Å². The monoisotopic (exact) mass is 484 g/mol. The maximum absolute atomic E-state index is 12.5. The summed E-state index contributed by atoms with van der Waals surface area (Å²) in [5.41, 5.74) is 1.71. The predicted octanol–water partition coefficient (Wildman–Crippen LogP) is 4.96. The lowest BCUT2D eigenvalue weighted by Crippen LogP contribution is -2.14. The molecule has 0 bridgehead atoms. The first-order valence-electron chi connectivity index (χ1n) is 9.88. The Morgan fingerprint density at radius 3 is 2.75 bits per heavy atom. The van der Waals surface area contributed by atoms with Gasteiger partial charge in [0.25, 0.3) is 0 Å². The summed E-state index contributed by atoms with van der Waals surface area (Å²) in [5.74, 6) is 0.342. The van der Waals surface area contributed by atoms with Crippen molar-refractivity contribution in [1.29, 1.82) is 0 Å². The number of ether oxygens (including phenoxy) is 1. The second-order valence-corrected chi connectivity index (χ2v) is 9.59. The number of carbonyl (C=O) groups is 2. The smallest absolute Gasteiger partial charge is 0.311 e. The topological polar surface area (TPSA) is 94.1 Å². The fourth-order valence-electron chi connectivity index (χ4n) is 2.95. The minimum Gasteiger partial charge on any atom is -0.466 e. The number of nitrogens with zero attached hydrogens (tertiary/aromatic N) is 3. The Morgan fingerprint density at radius 1 is 1.16 bits per heavy atom. The van der Waals surface area contributed by atoms with Crippen LogP contribution in [0, 0.1) is 6.92 Å². The number of fused-ring (bicyclic) bond motifs is 1. The predicted molar refractivity (Wildman–Crippen MR) is 129 cm³/mol. The minimum absolute atomic E-state index is 0.0923. The molecule has 0 fully saturated rings. The van der Waals surface area contributed by atoms with E-state index >= 15 is 0 Å². The summed E-state index contributed by atoms with van der Waals surface area (Å²) < 4.78 is 4.92. The highest BCUT2D eigenvalue weighted by molar-refractivity contribution is 8.00.